The van der Waals surface area contributed by atoms with E-state index in [0.717, 1.165) is 34.4 Å². The Morgan fingerprint density at radius 1 is 1.04 bits per heavy atom. The number of thioether (sulfide) groups is 1. The van der Waals surface area contributed by atoms with Crippen LogP contribution in [0.5, 0.6) is 0 Å². The molecule has 0 aliphatic carbocycles. The van der Waals surface area contributed by atoms with Crippen molar-refractivity contribution in [1.29, 1.82) is 0 Å². The molecule has 0 spiro atoms. The van der Waals surface area contributed by atoms with Crippen LogP contribution in [-0.4, -0.2) is 17.9 Å². The largest absolute Gasteiger partial charge is 0.397 e. The second-order valence-electron chi connectivity index (χ2n) is 6.22. The van der Waals surface area contributed by atoms with Crippen LogP contribution < -0.4 is 10.6 Å². The smallest absolute Gasteiger partial charge is 0.108 e. The van der Waals surface area contributed by atoms with E-state index in [-0.39, 0.29) is 0 Å². The van der Waals surface area contributed by atoms with E-state index in [1.165, 1.54) is 17.3 Å². The first kappa shape index (κ1) is 19.7. The van der Waals surface area contributed by atoms with Crippen LogP contribution in [0.2, 0.25) is 0 Å². The van der Waals surface area contributed by atoms with Gasteiger partial charge in [-0.3, -0.25) is 9.89 Å². The SMILES string of the molecule is C=C(Sc1ccc(N)cn1)N(/C(CCc1ccccc1)=N\C)c1ccccc1. The monoisotopic (exact) mass is 388 g/mol. The molecule has 3 rings (SSSR count). The van der Waals surface area contributed by atoms with Crippen molar-refractivity contribution in [3.05, 3.63) is 96.2 Å². The van der Waals surface area contributed by atoms with E-state index in [2.05, 4.69) is 57.9 Å². The van der Waals surface area contributed by atoms with Gasteiger partial charge in [-0.2, -0.15) is 0 Å². The highest BCUT2D eigenvalue weighted by molar-refractivity contribution is 8.03. The van der Waals surface area contributed by atoms with Gasteiger partial charge in [0.15, 0.2) is 0 Å². The minimum absolute atomic E-state index is 0.647. The highest BCUT2D eigenvalue weighted by Crippen LogP contribution is 2.31. The molecule has 28 heavy (non-hydrogen) atoms. The molecule has 5 heteroatoms. The molecular weight excluding hydrogens is 364 g/mol. The number of rotatable bonds is 7. The molecule has 0 unspecified atom stereocenters. The Hall–Kier alpha value is -3.05. The summed E-state index contributed by atoms with van der Waals surface area (Å²) in [5.41, 5.74) is 8.71. The summed E-state index contributed by atoms with van der Waals surface area (Å²) < 4.78 is 0. The van der Waals surface area contributed by atoms with Crippen molar-refractivity contribution in [2.24, 2.45) is 4.99 Å². The molecule has 0 fully saturated rings. The van der Waals surface area contributed by atoms with Crippen molar-refractivity contribution in [2.45, 2.75) is 17.9 Å². The highest BCUT2D eigenvalue weighted by Gasteiger charge is 2.18. The number of amidine groups is 1. The van der Waals surface area contributed by atoms with Gasteiger partial charge in [-0.15, -0.1) is 0 Å². The third kappa shape index (κ3) is 5.24. The Bertz CT molecular complexity index is 922. The average molecular weight is 389 g/mol. The zero-order valence-electron chi connectivity index (χ0n) is 16.0. The Morgan fingerprint density at radius 2 is 1.71 bits per heavy atom. The summed E-state index contributed by atoms with van der Waals surface area (Å²) in [6.07, 6.45) is 3.38. The minimum atomic E-state index is 0.647. The van der Waals surface area contributed by atoms with Gasteiger partial charge in [0.1, 0.15) is 10.9 Å². The first-order chi connectivity index (χ1) is 13.7. The lowest BCUT2D eigenvalue weighted by Crippen LogP contribution is -2.29. The van der Waals surface area contributed by atoms with Gasteiger partial charge in [-0.1, -0.05) is 66.9 Å². The molecule has 0 amide bonds. The number of pyridine rings is 1. The molecule has 0 radical (unpaired) electrons. The Kier molecular flexibility index (Phi) is 6.87. The number of nitrogens with two attached hydrogens (primary N) is 1. The van der Waals surface area contributed by atoms with E-state index in [0.29, 0.717) is 5.69 Å². The quantitative estimate of drug-likeness (QED) is 0.335. The molecule has 1 heterocycles. The van der Waals surface area contributed by atoms with Crippen LogP contribution in [0.25, 0.3) is 0 Å². The van der Waals surface area contributed by atoms with Crippen molar-refractivity contribution in [3.8, 4) is 0 Å². The predicted octanol–water partition coefficient (Wildman–Crippen LogP) is 5.39. The molecule has 4 nitrogen and oxygen atoms in total. The van der Waals surface area contributed by atoms with Crippen molar-refractivity contribution >= 4 is 29.0 Å². The maximum absolute atomic E-state index is 5.75. The molecule has 2 aromatic carbocycles. The van der Waals surface area contributed by atoms with Gasteiger partial charge in [0, 0.05) is 19.2 Å². The minimum Gasteiger partial charge on any atom is -0.397 e. The van der Waals surface area contributed by atoms with Crippen LogP contribution in [-0.2, 0) is 6.42 Å². The van der Waals surface area contributed by atoms with Crippen LogP contribution in [0, 0.1) is 0 Å². The van der Waals surface area contributed by atoms with Gasteiger partial charge in [-0.05, 0) is 36.2 Å². The summed E-state index contributed by atoms with van der Waals surface area (Å²) >= 11 is 1.50. The Balaban J connectivity index is 1.83. The molecule has 0 aliphatic heterocycles. The number of aryl methyl sites for hydroxylation is 1. The number of benzene rings is 2. The maximum Gasteiger partial charge on any atom is 0.108 e. The zero-order valence-corrected chi connectivity index (χ0v) is 16.8. The van der Waals surface area contributed by atoms with Crippen molar-refractivity contribution in [1.82, 2.24) is 4.98 Å². The predicted molar refractivity (Wildman–Crippen MR) is 121 cm³/mol. The zero-order chi connectivity index (χ0) is 19.8. The van der Waals surface area contributed by atoms with E-state index >= 15 is 0 Å². The lowest BCUT2D eigenvalue weighted by atomic mass is 10.1. The number of nitrogen functional groups attached to an aromatic ring is 1. The number of anilines is 2. The van der Waals surface area contributed by atoms with Gasteiger partial charge < -0.3 is 5.73 Å². The van der Waals surface area contributed by atoms with Crippen molar-refractivity contribution in [3.63, 3.8) is 0 Å². The second-order valence-corrected chi connectivity index (χ2v) is 7.32. The summed E-state index contributed by atoms with van der Waals surface area (Å²) in [6, 6.07) is 24.4. The lowest BCUT2D eigenvalue weighted by Gasteiger charge is -2.27. The number of aromatic nitrogens is 1. The van der Waals surface area contributed by atoms with Crippen molar-refractivity contribution < 1.29 is 0 Å². The second kappa shape index (κ2) is 9.76. The van der Waals surface area contributed by atoms with Crippen molar-refractivity contribution in [2.75, 3.05) is 17.7 Å². The molecule has 0 bridgehead atoms. The third-order valence-electron chi connectivity index (χ3n) is 4.24. The van der Waals surface area contributed by atoms with E-state index in [1.807, 2.05) is 43.4 Å². The van der Waals surface area contributed by atoms with Crippen LogP contribution in [0.3, 0.4) is 0 Å². The Morgan fingerprint density at radius 3 is 2.32 bits per heavy atom. The molecule has 0 saturated carbocycles. The van der Waals surface area contributed by atoms with E-state index in [4.69, 9.17) is 5.73 Å². The number of aliphatic imine (C=N–C) groups is 1. The molecular formula is C23H24N4S. The van der Waals surface area contributed by atoms with Gasteiger partial charge >= 0.3 is 0 Å². The normalized spacial score (nSPS) is 11.2. The summed E-state index contributed by atoms with van der Waals surface area (Å²) in [7, 11) is 1.83. The van der Waals surface area contributed by atoms with Gasteiger partial charge in [-0.25, -0.2) is 4.98 Å². The number of para-hydroxylation sites is 1. The molecule has 1 aromatic heterocycles. The molecule has 142 valence electrons. The summed E-state index contributed by atoms with van der Waals surface area (Å²) in [5.74, 6) is 0.961. The van der Waals surface area contributed by atoms with Gasteiger partial charge in [0.05, 0.1) is 16.9 Å². The molecule has 0 saturated heterocycles. The third-order valence-corrected chi connectivity index (χ3v) is 5.11. The molecule has 2 N–H and O–H groups in total. The fourth-order valence-electron chi connectivity index (χ4n) is 2.86. The lowest BCUT2D eigenvalue weighted by molar-refractivity contribution is 1.01. The first-order valence-corrected chi connectivity index (χ1v) is 9.92. The number of nitrogens with zero attached hydrogens (tertiary/aromatic N) is 3. The molecule has 3 aromatic rings. The van der Waals surface area contributed by atoms with Gasteiger partial charge in [0.25, 0.3) is 0 Å². The summed E-state index contributed by atoms with van der Waals surface area (Å²) in [6.45, 7) is 4.31. The average Bonchev–Trinajstić information content (AvgIpc) is 2.74. The number of hydrogen-bond donors (Lipinski definition) is 1. The maximum atomic E-state index is 5.75. The summed E-state index contributed by atoms with van der Waals surface area (Å²) in [4.78, 5) is 11.1. The molecule has 0 atom stereocenters. The van der Waals surface area contributed by atoms with Gasteiger partial charge in [0.2, 0.25) is 0 Å². The topological polar surface area (TPSA) is 54.5 Å². The van der Waals surface area contributed by atoms with Crippen LogP contribution in [0.15, 0.2) is 101 Å². The fraction of sp³-hybridized carbons (Fsp3) is 0.130. The van der Waals surface area contributed by atoms with Crippen LogP contribution in [0.4, 0.5) is 11.4 Å². The van der Waals surface area contributed by atoms with E-state index in [1.54, 1.807) is 6.20 Å². The molecule has 0 aliphatic rings. The number of hydrogen-bond acceptors (Lipinski definition) is 4. The summed E-state index contributed by atoms with van der Waals surface area (Å²) in [5, 5.41) is 1.69. The standard InChI is InChI=1S/C23H24N4S/c1-18(28-23-16-14-20(24)17-26-23)27(21-11-7-4-8-12-21)22(25-2)15-13-19-9-5-3-6-10-19/h3-12,14,16-17H,1,13,15,24H2,2H3/b25-22-. The van der Waals surface area contributed by atoms with Crippen LogP contribution in [0.1, 0.15) is 12.0 Å². The van der Waals surface area contributed by atoms with Crippen LogP contribution >= 0.6 is 11.8 Å². The highest BCUT2D eigenvalue weighted by atomic mass is 32.2. The fourth-order valence-corrected chi connectivity index (χ4v) is 3.64. The van der Waals surface area contributed by atoms with E-state index in [9.17, 15) is 0 Å². The first-order valence-electron chi connectivity index (χ1n) is 9.10. The Labute approximate surface area is 170 Å². The van der Waals surface area contributed by atoms with E-state index < -0.39 is 0 Å².